The van der Waals surface area contributed by atoms with Crippen LogP contribution in [-0.4, -0.2) is 10.5 Å². The van der Waals surface area contributed by atoms with Crippen molar-refractivity contribution in [2.24, 2.45) is 5.73 Å². The molecule has 84 valence electrons. The first-order chi connectivity index (χ1) is 7.47. The van der Waals surface area contributed by atoms with Gasteiger partial charge in [-0.1, -0.05) is 17.7 Å². The Morgan fingerprint density at radius 3 is 2.75 bits per heavy atom. The summed E-state index contributed by atoms with van der Waals surface area (Å²) < 4.78 is 0. The Morgan fingerprint density at radius 1 is 1.31 bits per heavy atom. The topological polar surface area (TPSA) is 38.9 Å². The van der Waals surface area contributed by atoms with Gasteiger partial charge >= 0.3 is 0 Å². The van der Waals surface area contributed by atoms with Gasteiger partial charge in [0.05, 0.1) is 0 Å². The summed E-state index contributed by atoms with van der Waals surface area (Å²) >= 11 is 6.23. The fourth-order valence-electron chi connectivity index (χ4n) is 1.84. The Morgan fingerprint density at radius 2 is 2.06 bits per heavy atom. The minimum absolute atomic E-state index is 0.263. The van der Waals surface area contributed by atoms with Crippen LogP contribution >= 0.6 is 11.6 Å². The van der Waals surface area contributed by atoms with Gasteiger partial charge in [0, 0.05) is 28.3 Å². The highest BCUT2D eigenvalue weighted by atomic mass is 35.5. The molecule has 2 aromatic rings. The fourth-order valence-corrected chi connectivity index (χ4v) is 2.07. The van der Waals surface area contributed by atoms with Gasteiger partial charge in [-0.25, -0.2) is 0 Å². The SMILES string of the molecule is CC(C)(N)Cc1c(Cl)ccc2cnccc12. The van der Waals surface area contributed by atoms with Crippen LogP contribution in [-0.2, 0) is 6.42 Å². The van der Waals surface area contributed by atoms with Crippen LogP contribution in [0, 0.1) is 0 Å². The molecular formula is C13H15ClN2. The highest BCUT2D eigenvalue weighted by molar-refractivity contribution is 6.32. The van der Waals surface area contributed by atoms with Crippen LogP contribution in [0.25, 0.3) is 10.8 Å². The van der Waals surface area contributed by atoms with E-state index in [9.17, 15) is 0 Å². The number of nitrogens with two attached hydrogens (primary N) is 1. The molecule has 0 saturated carbocycles. The summed E-state index contributed by atoms with van der Waals surface area (Å²) in [6, 6.07) is 5.88. The first kappa shape index (κ1) is 11.4. The lowest BCUT2D eigenvalue weighted by atomic mass is 9.93. The molecule has 1 heterocycles. The number of fused-ring (bicyclic) bond motifs is 1. The molecule has 2 rings (SSSR count). The van der Waals surface area contributed by atoms with E-state index < -0.39 is 0 Å². The standard InChI is InChI=1S/C13H15ClN2/c1-13(2,15)7-11-10-5-6-16-8-9(10)3-4-12(11)14/h3-6,8H,7,15H2,1-2H3. The van der Waals surface area contributed by atoms with E-state index >= 15 is 0 Å². The first-order valence-corrected chi connectivity index (χ1v) is 5.65. The molecule has 0 spiro atoms. The highest BCUT2D eigenvalue weighted by Gasteiger charge is 2.16. The maximum Gasteiger partial charge on any atom is 0.0445 e. The third kappa shape index (κ3) is 2.34. The summed E-state index contributed by atoms with van der Waals surface area (Å²) in [7, 11) is 0. The Hall–Kier alpha value is -1.12. The zero-order valence-electron chi connectivity index (χ0n) is 9.50. The van der Waals surface area contributed by atoms with E-state index in [1.807, 2.05) is 38.2 Å². The molecule has 0 aliphatic rings. The Bertz CT molecular complexity index is 515. The van der Waals surface area contributed by atoms with E-state index in [1.165, 1.54) is 0 Å². The van der Waals surface area contributed by atoms with Gasteiger partial charge < -0.3 is 5.73 Å². The second-order valence-corrected chi connectivity index (χ2v) is 5.20. The molecule has 0 atom stereocenters. The number of nitrogens with zero attached hydrogens (tertiary/aromatic N) is 1. The number of hydrogen-bond donors (Lipinski definition) is 1. The van der Waals surface area contributed by atoms with E-state index in [4.69, 9.17) is 17.3 Å². The summed E-state index contributed by atoms with van der Waals surface area (Å²) in [5, 5.41) is 3.02. The summed E-state index contributed by atoms with van der Waals surface area (Å²) in [6.07, 6.45) is 4.39. The number of halogens is 1. The van der Waals surface area contributed by atoms with Gasteiger partial charge in [-0.05, 0) is 43.4 Å². The number of pyridine rings is 1. The normalized spacial score (nSPS) is 12.0. The van der Waals surface area contributed by atoms with Gasteiger partial charge in [-0.3, -0.25) is 4.98 Å². The van der Waals surface area contributed by atoms with E-state index in [0.29, 0.717) is 0 Å². The van der Waals surface area contributed by atoms with Crippen molar-refractivity contribution >= 4 is 22.4 Å². The molecule has 3 heteroatoms. The molecule has 0 bridgehead atoms. The van der Waals surface area contributed by atoms with Gasteiger partial charge in [0.25, 0.3) is 0 Å². The molecule has 0 aliphatic heterocycles. The van der Waals surface area contributed by atoms with Crippen molar-refractivity contribution in [3.05, 3.63) is 41.2 Å². The molecule has 0 radical (unpaired) electrons. The quantitative estimate of drug-likeness (QED) is 0.867. The van der Waals surface area contributed by atoms with Crippen molar-refractivity contribution in [2.45, 2.75) is 25.8 Å². The van der Waals surface area contributed by atoms with Crippen molar-refractivity contribution in [1.29, 1.82) is 0 Å². The van der Waals surface area contributed by atoms with Gasteiger partial charge in [0.1, 0.15) is 0 Å². The molecule has 0 aliphatic carbocycles. The van der Waals surface area contributed by atoms with Crippen molar-refractivity contribution in [3.63, 3.8) is 0 Å². The van der Waals surface area contributed by atoms with Crippen LogP contribution in [0.1, 0.15) is 19.4 Å². The minimum atomic E-state index is -0.263. The summed E-state index contributed by atoms with van der Waals surface area (Å²) in [5.41, 5.74) is 6.90. The molecule has 16 heavy (non-hydrogen) atoms. The molecule has 1 aromatic carbocycles. The zero-order chi connectivity index (χ0) is 11.8. The average molecular weight is 235 g/mol. The van der Waals surface area contributed by atoms with Gasteiger partial charge in [0.15, 0.2) is 0 Å². The van der Waals surface area contributed by atoms with Gasteiger partial charge in [0.2, 0.25) is 0 Å². The molecule has 2 N–H and O–H groups in total. The monoisotopic (exact) mass is 234 g/mol. The molecule has 2 nitrogen and oxygen atoms in total. The number of hydrogen-bond acceptors (Lipinski definition) is 2. The van der Waals surface area contributed by atoms with E-state index in [1.54, 1.807) is 6.20 Å². The van der Waals surface area contributed by atoms with Crippen LogP contribution in [0.2, 0.25) is 5.02 Å². The first-order valence-electron chi connectivity index (χ1n) is 5.27. The largest absolute Gasteiger partial charge is 0.325 e. The third-order valence-corrected chi connectivity index (χ3v) is 2.86. The predicted molar refractivity (Wildman–Crippen MR) is 68.7 cm³/mol. The molecular weight excluding hydrogens is 220 g/mol. The summed E-state index contributed by atoms with van der Waals surface area (Å²) in [4.78, 5) is 4.11. The zero-order valence-corrected chi connectivity index (χ0v) is 10.3. The predicted octanol–water partition coefficient (Wildman–Crippen LogP) is 3.17. The van der Waals surface area contributed by atoms with Crippen molar-refractivity contribution in [2.75, 3.05) is 0 Å². The second-order valence-electron chi connectivity index (χ2n) is 4.79. The summed E-state index contributed by atoms with van der Waals surface area (Å²) in [5.74, 6) is 0. The van der Waals surface area contributed by atoms with Gasteiger partial charge in [-0.2, -0.15) is 0 Å². The minimum Gasteiger partial charge on any atom is -0.325 e. The molecule has 0 fully saturated rings. The van der Waals surface area contributed by atoms with Crippen LogP contribution < -0.4 is 5.73 Å². The van der Waals surface area contributed by atoms with E-state index in [-0.39, 0.29) is 5.54 Å². The molecule has 0 saturated heterocycles. The Kier molecular flexibility index (Phi) is 2.87. The van der Waals surface area contributed by atoms with Crippen molar-refractivity contribution < 1.29 is 0 Å². The smallest absolute Gasteiger partial charge is 0.0445 e. The molecule has 0 unspecified atom stereocenters. The number of rotatable bonds is 2. The van der Waals surface area contributed by atoms with Gasteiger partial charge in [-0.15, -0.1) is 0 Å². The second kappa shape index (κ2) is 4.04. The maximum atomic E-state index is 6.23. The summed E-state index contributed by atoms with van der Waals surface area (Å²) in [6.45, 7) is 4.01. The average Bonchev–Trinajstić information content (AvgIpc) is 2.21. The van der Waals surface area contributed by atoms with Crippen molar-refractivity contribution in [1.82, 2.24) is 4.98 Å². The Labute approximate surface area is 100 Å². The number of benzene rings is 1. The number of aromatic nitrogens is 1. The lowest BCUT2D eigenvalue weighted by molar-refractivity contribution is 0.518. The fraction of sp³-hybridized carbons (Fsp3) is 0.308. The maximum absolute atomic E-state index is 6.23. The molecule has 1 aromatic heterocycles. The van der Waals surface area contributed by atoms with E-state index in [2.05, 4.69) is 4.98 Å². The third-order valence-electron chi connectivity index (χ3n) is 2.51. The Balaban J connectivity index is 2.62. The van der Waals surface area contributed by atoms with E-state index in [0.717, 1.165) is 27.8 Å². The lowest BCUT2D eigenvalue weighted by Gasteiger charge is -2.20. The highest BCUT2D eigenvalue weighted by Crippen LogP contribution is 2.28. The van der Waals surface area contributed by atoms with Crippen LogP contribution in [0.4, 0.5) is 0 Å². The van der Waals surface area contributed by atoms with Crippen LogP contribution in [0.15, 0.2) is 30.6 Å². The van der Waals surface area contributed by atoms with Crippen molar-refractivity contribution in [3.8, 4) is 0 Å². The molecule has 0 amide bonds. The lowest BCUT2D eigenvalue weighted by Crippen LogP contribution is -2.34. The van der Waals surface area contributed by atoms with Crippen LogP contribution in [0.3, 0.4) is 0 Å². The van der Waals surface area contributed by atoms with Crippen LogP contribution in [0.5, 0.6) is 0 Å².